The van der Waals surface area contributed by atoms with Crippen molar-refractivity contribution < 1.29 is 4.79 Å². The van der Waals surface area contributed by atoms with Crippen molar-refractivity contribution in [1.82, 2.24) is 4.57 Å². The van der Waals surface area contributed by atoms with E-state index in [4.69, 9.17) is 22.3 Å². The second-order valence-electron chi connectivity index (χ2n) is 6.81. The van der Waals surface area contributed by atoms with Gasteiger partial charge < -0.3 is 10.3 Å². The highest BCUT2D eigenvalue weighted by Gasteiger charge is 2.26. The fourth-order valence-electron chi connectivity index (χ4n) is 3.55. The molecule has 1 aliphatic heterocycles. The molecule has 140 valence electrons. The SMILES string of the molecule is Cn1cc2c(cc1=O)[C@H](CC(N)=O)N=C(c1ccc(Cl)cc1)c1ccccc1-2. The van der Waals surface area contributed by atoms with Crippen LogP contribution in [0, 0.1) is 0 Å². The third kappa shape index (κ3) is 3.25. The van der Waals surface area contributed by atoms with Crippen molar-refractivity contribution in [1.29, 1.82) is 0 Å². The number of nitrogens with zero attached hydrogens (tertiary/aromatic N) is 2. The number of rotatable bonds is 3. The number of nitrogens with two attached hydrogens (primary N) is 1. The van der Waals surface area contributed by atoms with E-state index in [1.807, 2.05) is 36.4 Å². The van der Waals surface area contributed by atoms with Crippen LogP contribution in [0.1, 0.15) is 29.2 Å². The van der Waals surface area contributed by atoms with E-state index in [9.17, 15) is 9.59 Å². The highest BCUT2D eigenvalue weighted by Crippen LogP contribution is 2.38. The largest absolute Gasteiger partial charge is 0.370 e. The lowest BCUT2D eigenvalue weighted by atomic mass is 9.92. The van der Waals surface area contributed by atoms with Gasteiger partial charge >= 0.3 is 0 Å². The van der Waals surface area contributed by atoms with Gasteiger partial charge in [-0.25, -0.2) is 0 Å². The molecule has 0 spiro atoms. The van der Waals surface area contributed by atoms with E-state index in [0.717, 1.165) is 28.0 Å². The van der Waals surface area contributed by atoms with E-state index in [-0.39, 0.29) is 12.0 Å². The molecule has 28 heavy (non-hydrogen) atoms. The van der Waals surface area contributed by atoms with Crippen LogP contribution in [0.15, 0.2) is 70.6 Å². The summed E-state index contributed by atoms with van der Waals surface area (Å²) in [6, 6.07) is 16.3. The molecule has 0 radical (unpaired) electrons. The lowest BCUT2D eigenvalue weighted by Gasteiger charge is -2.15. The number of primary amides is 1. The van der Waals surface area contributed by atoms with Crippen molar-refractivity contribution in [2.45, 2.75) is 12.5 Å². The number of carbonyl (C=O) groups excluding carboxylic acids is 1. The zero-order valence-electron chi connectivity index (χ0n) is 15.2. The lowest BCUT2D eigenvalue weighted by Crippen LogP contribution is -2.20. The van der Waals surface area contributed by atoms with Gasteiger partial charge in [-0.3, -0.25) is 14.6 Å². The van der Waals surface area contributed by atoms with Gasteiger partial charge in [-0.1, -0.05) is 48.0 Å². The van der Waals surface area contributed by atoms with E-state index in [2.05, 4.69) is 0 Å². The molecule has 3 aromatic rings. The summed E-state index contributed by atoms with van der Waals surface area (Å²) in [6.07, 6.45) is 1.82. The number of benzene rings is 2. The maximum Gasteiger partial charge on any atom is 0.250 e. The summed E-state index contributed by atoms with van der Waals surface area (Å²) < 4.78 is 1.53. The smallest absolute Gasteiger partial charge is 0.250 e. The van der Waals surface area contributed by atoms with Crippen LogP contribution < -0.4 is 11.3 Å². The van der Waals surface area contributed by atoms with Crippen molar-refractivity contribution in [3.8, 4) is 11.1 Å². The summed E-state index contributed by atoms with van der Waals surface area (Å²) in [5.74, 6) is -0.471. The van der Waals surface area contributed by atoms with Gasteiger partial charge in [-0.2, -0.15) is 0 Å². The highest BCUT2D eigenvalue weighted by atomic mass is 35.5. The minimum Gasteiger partial charge on any atom is -0.370 e. The monoisotopic (exact) mass is 391 g/mol. The fraction of sp³-hybridized carbons (Fsp3) is 0.136. The first-order valence-corrected chi connectivity index (χ1v) is 9.24. The Balaban J connectivity index is 2.04. The number of aryl methyl sites for hydroxylation is 1. The number of aromatic nitrogens is 1. The van der Waals surface area contributed by atoms with Crippen LogP contribution in [-0.4, -0.2) is 16.2 Å². The number of pyridine rings is 1. The Bertz CT molecular complexity index is 1160. The van der Waals surface area contributed by atoms with Gasteiger partial charge in [-0.05, 0) is 23.3 Å². The zero-order chi connectivity index (χ0) is 19.8. The summed E-state index contributed by atoms with van der Waals surface area (Å²) in [5.41, 5.74) is 10.4. The molecule has 1 atom stereocenters. The van der Waals surface area contributed by atoms with E-state index >= 15 is 0 Å². The number of hydrogen-bond donors (Lipinski definition) is 1. The Labute approximate surface area is 167 Å². The molecule has 6 heteroatoms. The molecule has 0 fully saturated rings. The Hall–Kier alpha value is -3.18. The predicted octanol–water partition coefficient (Wildman–Crippen LogP) is 3.47. The van der Waals surface area contributed by atoms with Crippen molar-refractivity contribution in [3.63, 3.8) is 0 Å². The topological polar surface area (TPSA) is 77.5 Å². The van der Waals surface area contributed by atoms with Crippen LogP contribution in [0.2, 0.25) is 5.02 Å². The highest BCUT2D eigenvalue weighted by molar-refractivity contribution is 6.30. The summed E-state index contributed by atoms with van der Waals surface area (Å²) in [6.45, 7) is 0. The van der Waals surface area contributed by atoms with Gasteiger partial charge in [0.05, 0.1) is 18.2 Å². The number of carbonyl (C=O) groups is 1. The molecule has 2 aromatic carbocycles. The van der Waals surface area contributed by atoms with Gasteiger partial charge in [0.2, 0.25) is 5.91 Å². The van der Waals surface area contributed by atoms with Crippen LogP contribution in [0.25, 0.3) is 11.1 Å². The van der Waals surface area contributed by atoms with Crippen molar-refractivity contribution in [2.24, 2.45) is 17.8 Å². The molecule has 1 aromatic heterocycles. The number of hydrogen-bond acceptors (Lipinski definition) is 3. The average Bonchev–Trinajstić information content (AvgIpc) is 2.79. The molecular weight excluding hydrogens is 374 g/mol. The van der Waals surface area contributed by atoms with Gasteiger partial charge in [0.15, 0.2) is 0 Å². The van der Waals surface area contributed by atoms with Gasteiger partial charge in [0.1, 0.15) is 0 Å². The summed E-state index contributed by atoms with van der Waals surface area (Å²) in [7, 11) is 1.71. The molecule has 2 heterocycles. The summed E-state index contributed by atoms with van der Waals surface area (Å²) in [5, 5.41) is 0.631. The first-order valence-electron chi connectivity index (χ1n) is 8.86. The minimum absolute atomic E-state index is 0.0191. The summed E-state index contributed by atoms with van der Waals surface area (Å²) >= 11 is 6.05. The Kier molecular flexibility index (Phi) is 4.61. The van der Waals surface area contributed by atoms with Crippen molar-refractivity contribution in [2.75, 3.05) is 0 Å². The second kappa shape index (κ2) is 7.09. The minimum atomic E-state index is -0.542. The van der Waals surface area contributed by atoms with Crippen LogP contribution in [0.4, 0.5) is 0 Å². The van der Waals surface area contributed by atoms with Crippen LogP contribution in [-0.2, 0) is 11.8 Å². The molecule has 0 unspecified atom stereocenters. The first kappa shape index (κ1) is 18.2. The molecular formula is C22H18ClN3O2. The number of amides is 1. The van der Waals surface area contributed by atoms with Crippen LogP contribution in [0.5, 0.6) is 0 Å². The Morgan fingerprint density at radius 2 is 1.79 bits per heavy atom. The maximum atomic E-state index is 12.3. The standard InChI is InChI=1S/C22H18ClN3O2/c1-26-12-18-15-4-2-3-5-16(15)22(13-6-8-14(23)9-7-13)25-19(11-20(24)27)17(18)10-21(26)28/h2-10,12,19H,11H2,1H3,(H2,24,27)/t19-/m0/s1. The molecule has 2 N–H and O–H groups in total. The number of halogens is 1. The van der Waals surface area contributed by atoms with Crippen molar-refractivity contribution in [3.05, 3.63) is 92.9 Å². The lowest BCUT2D eigenvalue weighted by molar-refractivity contribution is -0.118. The summed E-state index contributed by atoms with van der Waals surface area (Å²) in [4.78, 5) is 29.0. The number of aliphatic imine (C=N–C) groups is 1. The maximum absolute atomic E-state index is 12.3. The molecule has 0 bridgehead atoms. The first-order chi connectivity index (χ1) is 13.4. The quantitative estimate of drug-likeness (QED) is 0.742. The fourth-order valence-corrected chi connectivity index (χ4v) is 3.67. The van der Waals surface area contributed by atoms with Gasteiger partial charge in [0, 0.05) is 41.0 Å². The molecule has 1 amide bonds. The van der Waals surface area contributed by atoms with Crippen molar-refractivity contribution >= 4 is 23.2 Å². The second-order valence-corrected chi connectivity index (χ2v) is 7.24. The Morgan fingerprint density at radius 3 is 2.46 bits per heavy atom. The number of fused-ring (bicyclic) bond motifs is 3. The van der Waals surface area contributed by atoms with Gasteiger partial charge in [-0.15, -0.1) is 0 Å². The molecule has 0 aliphatic carbocycles. The van der Waals surface area contributed by atoms with Crippen LogP contribution >= 0.6 is 11.6 Å². The normalized spacial score (nSPS) is 15.2. The third-order valence-electron chi connectivity index (χ3n) is 4.89. The van der Waals surface area contributed by atoms with E-state index in [1.165, 1.54) is 4.57 Å². The molecule has 0 saturated heterocycles. The average molecular weight is 392 g/mol. The molecule has 4 rings (SSSR count). The molecule has 1 aliphatic rings. The van der Waals surface area contributed by atoms with E-state index < -0.39 is 11.9 Å². The van der Waals surface area contributed by atoms with Gasteiger partial charge in [0.25, 0.3) is 5.56 Å². The predicted molar refractivity (Wildman–Crippen MR) is 111 cm³/mol. The van der Waals surface area contributed by atoms with E-state index in [0.29, 0.717) is 10.6 Å². The zero-order valence-corrected chi connectivity index (χ0v) is 16.0. The molecule has 0 saturated carbocycles. The third-order valence-corrected chi connectivity index (χ3v) is 5.14. The van der Waals surface area contributed by atoms with Crippen LogP contribution in [0.3, 0.4) is 0 Å². The molecule has 5 nitrogen and oxygen atoms in total. The Morgan fingerprint density at radius 1 is 1.11 bits per heavy atom. The van der Waals surface area contributed by atoms with E-state index in [1.54, 1.807) is 31.4 Å².